The molecule has 5 nitrogen and oxygen atoms in total. The van der Waals surface area contributed by atoms with Crippen LogP contribution in [-0.4, -0.2) is 35.7 Å². The van der Waals surface area contributed by atoms with Crippen LogP contribution in [0.15, 0.2) is 52.4 Å². The maximum atomic E-state index is 13.0. The fourth-order valence-corrected chi connectivity index (χ4v) is 3.32. The Balaban J connectivity index is 2.23. The molecule has 27 heavy (non-hydrogen) atoms. The Bertz CT molecular complexity index is 1030. The Kier molecular flexibility index (Phi) is 5.31. The molecule has 1 heterocycles. The van der Waals surface area contributed by atoms with Crippen LogP contribution in [0.25, 0.3) is 16.6 Å². The van der Waals surface area contributed by atoms with Crippen LogP contribution in [-0.2, 0) is 0 Å². The Morgan fingerprint density at radius 3 is 2.44 bits per heavy atom. The molecular weight excluding hydrogens is 381 g/mol. The molecule has 2 aromatic carbocycles. The van der Waals surface area contributed by atoms with Gasteiger partial charge in [0.15, 0.2) is 16.7 Å². The monoisotopic (exact) mass is 396 g/mol. The molecule has 0 aliphatic rings. The fraction of sp³-hybridized carbons (Fsp3) is 0.222. The van der Waals surface area contributed by atoms with E-state index < -0.39 is 17.5 Å². The molecule has 0 aliphatic heterocycles. The number of thioether (sulfide) groups is 1. The average molecular weight is 396 g/mol. The Hall–Kier alpha value is -2.68. The summed E-state index contributed by atoms with van der Waals surface area (Å²) in [5, 5.41) is 0.256. The lowest BCUT2D eigenvalue weighted by Gasteiger charge is -2.15. The summed E-state index contributed by atoms with van der Waals surface area (Å²) in [6, 6.07) is 11.2. The maximum Gasteiger partial charge on any atom is 0.398 e. The number of methoxy groups -OCH3 is 2. The highest BCUT2D eigenvalue weighted by Gasteiger charge is 2.29. The number of hydrogen-bond donors (Lipinski definition) is 0. The highest BCUT2D eigenvalue weighted by atomic mass is 32.2. The molecule has 0 spiro atoms. The van der Waals surface area contributed by atoms with Crippen molar-refractivity contribution >= 4 is 22.7 Å². The number of rotatable bonds is 5. The van der Waals surface area contributed by atoms with E-state index in [0.717, 1.165) is 4.57 Å². The van der Waals surface area contributed by atoms with Crippen molar-refractivity contribution in [1.82, 2.24) is 9.55 Å². The molecule has 0 saturated heterocycles. The van der Waals surface area contributed by atoms with Crippen molar-refractivity contribution in [2.75, 3.05) is 20.0 Å². The minimum absolute atomic E-state index is 0.0526. The van der Waals surface area contributed by atoms with Crippen molar-refractivity contribution in [2.24, 2.45) is 0 Å². The van der Waals surface area contributed by atoms with Crippen LogP contribution in [0.3, 0.4) is 0 Å². The molecule has 0 amide bonds. The number of ether oxygens (including phenoxy) is 2. The number of alkyl halides is 3. The summed E-state index contributed by atoms with van der Waals surface area (Å²) in [5.41, 5.74) is 0.210. The van der Waals surface area contributed by atoms with Gasteiger partial charge in [-0.2, -0.15) is 13.2 Å². The van der Waals surface area contributed by atoms with E-state index in [1.54, 1.807) is 36.4 Å². The number of para-hydroxylation sites is 1. The van der Waals surface area contributed by atoms with Gasteiger partial charge in [-0.05, 0) is 24.3 Å². The van der Waals surface area contributed by atoms with Gasteiger partial charge in [-0.25, -0.2) is 4.98 Å². The number of aromatic nitrogens is 2. The third-order valence-electron chi connectivity index (χ3n) is 3.74. The van der Waals surface area contributed by atoms with E-state index in [-0.39, 0.29) is 5.16 Å². The van der Waals surface area contributed by atoms with Crippen LogP contribution in [0.5, 0.6) is 11.5 Å². The second kappa shape index (κ2) is 7.51. The molecule has 9 heteroatoms. The first-order valence-electron chi connectivity index (χ1n) is 7.78. The summed E-state index contributed by atoms with van der Waals surface area (Å²) in [7, 11) is 2.90. The molecule has 0 aliphatic carbocycles. The Morgan fingerprint density at radius 2 is 1.78 bits per heavy atom. The molecule has 0 N–H and O–H groups in total. The van der Waals surface area contributed by atoms with Gasteiger partial charge in [0.1, 0.15) is 0 Å². The summed E-state index contributed by atoms with van der Waals surface area (Å²) >= 11 is 0.456. The topological polar surface area (TPSA) is 53.4 Å². The SMILES string of the molecule is COc1ccc(-n2c(SCC(F)(F)F)nc3ccccc3c2=O)cc1OC. The van der Waals surface area contributed by atoms with Crippen molar-refractivity contribution in [2.45, 2.75) is 11.3 Å². The first-order chi connectivity index (χ1) is 12.8. The first kappa shape index (κ1) is 19.1. The van der Waals surface area contributed by atoms with E-state index in [0.29, 0.717) is 39.9 Å². The van der Waals surface area contributed by atoms with Crippen LogP contribution in [0.4, 0.5) is 13.2 Å². The van der Waals surface area contributed by atoms with Crippen molar-refractivity contribution < 1.29 is 22.6 Å². The smallest absolute Gasteiger partial charge is 0.398 e. The molecule has 0 atom stereocenters. The lowest BCUT2D eigenvalue weighted by Crippen LogP contribution is -2.23. The Labute approximate surface area is 156 Å². The van der Waals surface area contributed by atoms with Gasteiger partial charge in [-0.15, -0.1) is 0 Å². The summed E-state index contributed by atoms with van der Waals surface area (Å²) in [4.78, 5) is 17.3. The molecular formula is C18H15F3N2O3S. The van der Waals surface area contributed by atoms with Crippen molar-refractivity contribution in [3.8, 4) is 17.2 Å². The van der Waals surface area contributed by atoms with E-state index in [1.165, 1.54) is 20.3 Å². The summed E-state index contributed by atoms with van der Waals surface area (Å²) in [5.74, 6) is -0.375. The number of benzene rings is 2. The zero-order valence-corrected chi connectivity index (χ0v) is 15.2. The maximum absolute atomic E-state index is 13.0. The zero-order chi connectivity index (χ0) is 19.6. The number of hydrogen-bond acceptors (Lipinski definition) is 5. The van der Waals surface area contributed by atoms with Gasteiger partial charge in [-0.3, -0.25) is 9.36 Å². The summed E-state index contributed by atoms with van der Waals surface area (Å²) in [6.07, 6.45) is -4.39. The first-order valence-corrected chi connectivity index (χ1v) is 8.76. The van der Waals surface area contributed by atoms with Gasteiger partial charge in [0.2, 0.25) is 0 Å². The largest absolute Gasteiger partial charge is 0.493 e. The minimum Gasteiger partial charge on any atom is -0.493 e. The van der Waals surface area contributed by atoms with Crippen molar-refractivity contribution in [3.63, 3.8) is 0 Å². The fourth-order valence-electron chi connectivity index (χ4n) is 2.55. The predicted molar refractivity (Wildman–Crippen MR) is 97.2 cm³/mol. The standard InChI is InChI=1S/C18H15F3N2O3S/c1-25-14-8-7-11(9-15(14)26-2)23-16(24)12-5-3-4-6-13(12)22-17(23)27-10-18(19,20)21/h3-9H,10H2,1-2H3. The highest BCUT2D eigenvalue weighted by molar-refractivity contribution is 7.99. The second-order valence-electron chi connectivity index (χ2n) is 5.50. The van der Waals surface area contributed by atoms with Crippen LogP contribution < -0.4 is 15.0 Å². The van der Waals surface area contributed by atoms with Gasteiger partial charge >= 0.3 is 6.18 Å². The van der Waals surface area contributed by atoms with Gasteiger partial charge < -0.3 is 9.47 Å². The highest BCUT2D eigenvalue weighted by Crippen LogP contribution is 2.32. The molecule has 0 radical (unpaired) electrons. The molecule has 0 unspecified atom stereocenters. The lowest BCUT2D eigenvalue weighted by atomic mass is 10.2. The van der Waals surface area contributed by atoms with E-state index >= 15 is 0 Å². The quantitative estimate of drug-likeness (QED) is 0.481. The summed E-state index contributed by atoms with van der Waals surface area (Å²) in [6.45, 7) is 0. The Morgan fingerprint density at radius 1 is 1.07 bits per heavy atom. The predicted octanol–water partition coefficient (Wildman–Crippen LogP) is 4.06. The van der Waals surface area contributed by atoms with Crippen LogP contribution >= 0.6 is 11.8 Å². The van der Waals surface area contributed by atoms with E-state index in [2.05, 4.69) is 4.98 Å². The number of fused-ring (bicyclic) bond motifs is 1. The van der Waals surface area contributed by atoms with E-state index in [4.69, 9.17) is 9.47 Å². The number of nitrogens with zero attached hydrogens (tertiary/aromatic N) is 2. The van der Waals surface area contributed by atoms with E-state index in [1.807, 2.05) is 0 Å². The van der Waals surface area contributed by atoms with Crippen LogP contribution in [0.1, 0.15) is 0 Å². The molecule has 0 bridgehead atoms. The van der Waals surface area contributed by atoms with Gasteiger partial charge in [0, 0.05) is 6.07 Å². The lowest BCUT2D eigenvalue weighted by molar-refractivity contribution is -0.105. The second-order valence-corrected chi connectivity index (χ2v) is 6.44. The van der Waals surface area contributed by atoms with Crippen molar-refractivity contribution in [1.29, 1.82) is 0 Å². The molecule has 0 saturated carbocycles. The number of halogens is 3. The minimum atomic E-state index is -4.39. The third-order valence-corrected chi connectivity index (χ3v) is 4.74. The summed E-state index contributed by atoms with van der Waals surface area (Å²) < 4.78 is 49.8. The average Bonchev–Trinajstić information content (AvgIpc) is 2.65. The van der Waals surface area contributed by atoms with Crippen LogP contribution in [0, 0.1) is 0 Å². The molecule has 142 valence electrons. The van der Waals surface area contributed by atoms with Crippen LogP contribution in [0.2, 0.25) is 0 Å². The van der Waals surface area contributed by atoms with Gasteiger partial charge in [-0.1, -0.05) is 23.9 Å². The zero-order valence-electron chi connectivity index (χ0n) is 14.4. The molecule has 3 aromatic rings. The van der Waals surface area contributed by atoms with Gasteiger partial charge in [0.25, 0.3) is 5.56 Å². The molecule has 3 rings (SSSR count). The molecule has 0 fully saturated rings. The normalized spacial score (nSPS) is 11.6. The third kappa shape index (κ3) is 4.02. The van der Waals surface area contributed by atoms with Crippen molar-refractivity contribution in [3.05, 3.63) is 52.8 Å². The molecule has 1 aromatic heterocycles. The van der Waals surface area contributed by atoms with Gasteiger partial charge in [0.05, 0.1) is 36.6 Å². The van der Waals surface area contributed by atoms with E-state index in [9.17, 15) is 18.0 Å².